The number of carbonyl (C=O) groups excluding carboxylic acids is 1. The van der Waals surface area contributed by atoms with Crippen LogP contribution in [0.2, 0.25) is 0 Å². The number of rotatable bonds is 5. The summed E-state index contributed by atoms with van der Waals surface area (Å²) in [6.07, 6.45) is 2.93. The van der Waals surface area contributed by atoms with Crippen LogP contribution < -0.4 is 0 Å². The van der Waals surface area contributed by atoms with Crippen LogP contribution in [0.1, 0.15) is 19.8 Å². The largest absolute Gasteiger partial charge is 0.303 e. The highest BCUT2D eigenvalue weighted by atomic mass is 32.2. The molecule has 1 heterocycles. The van der Waals surface area contributed by atoms with Gasteiger partial charge in [0.15, 0.2) is 9.84 Å². The highest BCUT2D eigenvalue weighted by Crippen LogP contribution is 2.14. The summed E-state index contributed by atoms with van der Waals surface area (Å²) in [4.78, 5) is 12.7. The summed E-state index contributed by atoms with van der Waals surface area (Å²) in [6.45, 7) is 3.88. The van der Waals surface area contributed by atoms with E-state index in [-0.39, 0.29) is 17.4 Å². The van der Waals surface area contributed by atoms with E-state index in [1.54, 1.807) is 6.92 Å². The van der Waals surface area contributed by atoms with Gasteiger partial charge >= 0.3 is 0 Å². The molecule has 0 bridgehead atoms. The highest BCUT2D eigenvalue weighted by molar-refractivity contribution is 7.91. The maximum atomic E-state index is 11.3. The summed E-state index contributed by atoms with van der Waals surface area (Å²) in [7, 11) is -2.87. The molecule has 0 radical (unpaired) electrons. The third-order valence-corrected chi connectivity index (χ3v) is 4.58. The zero-order valence-electron chi connectivity index (χ0n) is 9.18. The molecule has 1 aliphatic heterocycles. The third kappa shape index (κ3) is 4.30. The molecule has 0 aromatic carbocycles. The normalized spacial score (nSPS) is 23.9. The molecule has 0 aromatic heterocycles. The fraction of sp³-hybridized carbons (Fsp3) is 0.900. The van der Waals surface area contributed by atoms with Gasteiger partial charge in [-0.15, -0.1) is 0 Å². The van der Waals surface area contributed by atoms with Crippen LogP contribution >= 0.6 is 0 Å². The van der Waals surface area contributed by atoms with Crippen molar-refractivity contribution in [3.63, 3.8) is 0 Å². The molecule has 0 aliphatic carbocycles. The molecule has 0 spiro atoms. The number of carbonyl (C=O) groups is 1. The minimum Gasteiger partial charge on any atom is -0.303 e. The van der Waals surface area contributed by atoms with Crippen LogP contribution in [0.4, 0.5) is 0 Å². The predicted octanol–water partition coefficient (Wildman–Crippen LogP) is 0.332. The van der Waals surface area contributed by atoms with Crippen molar-refractivity contribution >= 4 is 16.1 Å². The maximum absolute atomic E-state index is 11.3. The van der Waals surface area contributed by atoms with E-state index < -0.39 is 9.84 Å². The Bertz CT molecular complexity index is 300. The first-order valence-electron chi connectivity index (χ1n) is 5.45. The molecule has 0 saturated carbocycles. The summed E-state index contributed by atoms with van der Waals surface area (Å²) >= 11 is 0. The van der Waals surface area contributed by atoms with Crippen LogP contribution in [-0.2, 0) is 14.6 Å². The van der Waals surface area contributed by atoms with Gasteiger partial charge in [0.05, 0.1) is 5.75 Å². The van der Waals surface area contributed by atoms with Crippen molar-refractivity contribution in [2.75, 3.05) is 31.1 Å². The third-order valence-electron chi connectivity index (χ3n) is 2.89. The van der Waals surface area contributed by atoms with Crippen LogP contribution in [0.3, 0.4) is 0 Å². The zero-order valence-corrected chi connectivity index (χ0v) is 10.0. The van der Waals surface area contributed by atoms with Gasteiger partial charge in [-0.05, 0) is 19.4 Å². The van der Waals surface area contributed by atoms with E-state index in [4.69, 9.17) is 0 Å². The Balaban J connectivity index is 2.36. The van der Waals surface area contributed by atoms with Gasteiger partial charge in [0.2, 0.25) is 0 Å². The number of aldehydes is 1. The van der Waals surface area contributed by atoms with Crippen molar-refractivity contribution in [3.05, 3.63) is 0 Å². The molecule has 5 heteroatoms. The molecule has 1 saturated heterocycles. The molecular formula is C10H19NO3S. The van der Waals surface area contributed by atoms with Gasteiger partial charge in [-0.25, -0.2) is 8.42 Å². The lowest BCUT2D eigenvalue weighted by Gasteiger charge is -2.29. The van der Waals surface area contributed by atoms with Gasteiger partial charge in [0.25, 0.3) is 0 Å². The van der Waals surface area contributed by atoms with Crippen molar-refractivity contribution in [2.45, 2.75) is 19.8 Å². The molecule has 15 heavy (non-hydrogen) atoms. The zero-order chi connectivity index (χ0) is 11.3. The second kappa shape index (κ2) is 5.61. The fourth-order valence-electron chi connectivity index (χ4n) is 1.82. The average molecular weight is 233 g/mol. The molecule has 1 fully saturated rings. The SMILES string of the molecule is CCS(=O)(=O)CCN1CCCC(C=O)C1. The van der Waals surface area contributed by atoms with E-state index in [2.05, 4.69) is 4.90 Å². The van der Waals surface area contributed by atoms with Crippen molar-refractivity contribution in [3.8, 4) is 0 Å². The van der Waals surface area contributed by atoms with E-state index in [1.807, 2.05) is 0 Å². The number of sulfone groups is 1. The highest BCUT2D eigenvalue weighted by Gasteiger charge is 2.20. The van der Waals surface area contributed by atoms with E-state index >= 15 is 0 Å². The molecule has 0 amide bonds. The van der Waals surface area contributed by atoms with Gasteiger partial charge in [0.1, 0.15) is 6.29 Å². The lowest BCUT2D eigenvalue weighted by Crippen LogP contribution is -2.38. The number of hydrogen-bond acceptors (Lipinski definition) is 4. The Kier molecular flexibility index (Phi) is 4.73. The number of piperidine rings is 1. The predicted molar refractivity (Wildman–Crippen MR) is 59.6 cm³/mol. The molecule has 4 nitrogen and oxygen atoms in total. The standard InChI is InChI=1S/C10H19NO3S/c1-2-15(13,14)7-6-11-5-3-4-10(8-11)9-12/h9-10H,2-8H2,1H3. The Morgan fingerprint density at radius 2 is 2.20 bits per heavy atom. The van der Waals surface area contributed by atoms with Crippen LogP contribution in [0.5, 0.6) is 0 Å². The first kappa shape index (κ1) is 12.6. The summed E-state index contributed by atoms with van der Waals surface area (Å²) in [5.74, 6) is 0.524. The number of hydrogen-bond donors (Lipinski definition) is 0. The van der Waals surface area contributed by atoms with Crippen molar-refractivity contribution < 1.29 is 13.2 Å². The van der Waals surface area contributed by atoms with E-state index in [0.29, 0.717) is 6.54 Å². The lowest BCUT2D eigenvalue weighted by molar-refractivity contribution is -0.112. The smallest absolute Gasteiger partial charge is 0.151 e. The molecule has 88 valence electrons. The van der Waals surface area contributed by atoms with E-state index in [0.717, 1.165) is 32.2 Å². The van der Waals surface area contributed by atoms with Crippen molar-refractivity contribution in [1.82, 2.24) is 4.90 Å². The number of likely N-dealkylation sites (tertiary alicyclic amines) is 1. The van der Waals surface area contributed by atoms with Crippen LogP contribution in [0.15, 0.2) is 0 Å². The maximum Gasteiger partial charge on any atom is 0.151 e. The van der Waals surface area contributed by atoms with Gasteiger partial charge in [-0.1, -0.05) is 6.92 Å². The first-order chi connectivity index (χ1) is 7.07. The molecule has 1 atom stereocenters. The van der Waals surface area contributed by atoms with Gasteiger partial charge in [0, 0.05) is 24.8 Å². The monoisotopic (exact) mass is 233 g/mol. The second-order valence-corrected chi connectivity index (χ2v) is 6.55. The Morgan fingerprint density at radius 3 is 2.80 bits per heavy atom. The van der Waals surface area contributed by atoms with Gasteiger partial charge in [-0.3, -0.25) is 0 Å². The van der Waals surface area contributed by atoms with Crippen LogP contribution in [-0.4, -0.2) is 50.7 Å². The minimum absolute atomic E-state index is 0.100. The van der Waals surface area contributed by atoms with E-state index in [1.165, 1.54) is 0 Å². The first-order valence-corrected chi connectivity index (χ1v) is 7.27. The molecule has 1 aliphatic rings. The molecule has 0 aromatic rings. The van der Waals surface area contributed by atoms with Crippen LogP contribution in [0.25, 0.3) is 0 Å². The molecule has 1 unspecified atom stereocenters. The Labute approximate surface area is 91.6 Å². The minimum atomic E-state index is -2.87. The lowest BCUT2D eigenvalue weighted by atomic mass is 10.00. The van der Waals surface area contributed by atoms with Crippen LogP contribution in [0, 0.1) is 5.92 Å². The summed E-state index contributed by atoms with van der Waals surface area (Å²) in [5.41, 5.74) is 0. The van der Waals surface area contributed by atoms with Crippen molar-refractivity contribution in [1.29, 1.82) is 0 Å². The molecule has 0 N–H and O–H groups in total. The topological polar surface area (TPSA) is 54.5 Å². The van der Waals surface area contributed by atoms with Crippen molar-refractivity contribution in [2.24, 2.45) is 5.92 Å². The Morgan fingerprint density at radius 1 is 1.47 bits per heavy atom. The quantitative estimate of drug-likeness (QED) is 0.642. The second-order valence-electron chi connectivity index (χ2n) is 4.08. The van der Waals surface area contributed by atoms with Gasteiger partial charge in [-0.2, -0.15) is 0 Å². The molecule has 1 rings (SSSR count). The average Bonchev–Trinajstić information content (AvgIpc) is 2.27. The van der Waals surface area contributed by atoms with E-state index in [9.17, 15) is 13.2 Å². The molecular weight excluding hydrogens is 214 g/mol. The van der Waals surface area contributed by atoms with Gasteiger partial charge < -0.3 is 9.69 Å². The Hall–Kier alpha value is -0.420. The summed E-state index contributed by atoms with van der Waals surface area (Å²) in [6, 6.07) is 0. The summed E-state index contributed by atoms with van der Waals surface area (Å²) in [5, 5.41) is 0. The number of nitrogens with zero attached hydrogens (tertiary/aromatic N) is 1. The fourth-order valence-corrected chi connectivity index (χ4v) is 2.64. The summed E-state index contributed by atoms with van der Waals surface area (Å²) < 4.78 is 22.6.